The van der Waals surface area contributed by atoms with E-state index in [1.807, 2.05) is 18.2 Å². The van der Waals surface area contributed by atoms with Gasteiger partial charge < -0.3 is 10.1 Å². The summed E-state index contributed by atoms with van der Waals surface area (Å²) in [6.45, 7) is 4.57. The van der Waals surface area contributed by atoms with Crippen LogP contribution in [0.15, 0.2) is 42.5 Å². The molecule has 0 fully saturated rings. The van der Waals surface area contributed by atoms with E-state index < -0.39 is 0 Å². The van der Waals surface area contributed by atoms with E-state index in [1.165, 1.54) is 11.1 Å². The highest BCUT2D eigenvalue weighted by Gasteiger charge is 2.10. The lowest BCUT2D eigenvalue weighted by Crippen LogP contribution is -2.07. The van der Waals surface area contributed by atoms with Gasteiger partial charge in [-0.3, -0.25) is 4.79 Å². The van der Waals surface area contributed by atoms with Crippen LogP contribution in [-0.4, -0.2) is 12.0 Å². The highest BCUT2D eigenvalue weighted by molar-refractivity contribution is 6.34. The number of carbonyl (C=O) groups is 1. The Hall–Kier alpha value is -2.42. The Morgan fingerprint density at radius 1 is 1.09 bits per heavy atom. The number of carbonyl (C=O) groups excluding carboxylic acids is 1. The van der Waals surface area contributed by atoms with Gasteiger partial charge in [0.2, 0.25) is 5.78 Å². The normalized spacial score (nSPS) is 10.3. The summed E-state index contributed by atoms with van der Waals surface area (Å²) >= 11 is 0. The molecule has 0 aliphatic carbocycles. The Kier molecular flexibility index (Phi) is 5.48. The Labute approximate surface area is 131 Å². The van der Waals surface area contributed by atoms with Crippen molar-refractivity contribution in [1.29, 1.82) is 5.41 Å². The topological polar surface area (TPSA) is 50.2 Å². The van der Waals surface area contributed by atoms with E-state index in [0.29, 0.717) is 12.2 Å². The summed E-state index contributed by atoms with van der Waals surface area (Å²) in [5.74, 6) is 0.563. The molecule has 0 amide bonds. The van der Waals surface area contributed by atoms with Gasteiger partial charge in [-0.1, -0.05) is 50.2 Å². The van der Waals surface area contributed by atoms with Gasteiger partial charge in [0.15, 0.2) is 0 Å². The second-order valence-corrected chi connectivity index (χ2v) is 5.10. The van der Waals surface area contributed by atoms with Crippen molar-refractivity contribution in [3.8, 4) is 5.75 Å². The summed E-state index contributed by atoms with van der Waals surface area (Å²) in [6, 6.07) is 13.5. The molecule has 0 heterocycles. The van der Waals surface area contributed by atoms with Crippen LogP contribution in [0.2, 0.25) is 0 Å². The average molecular weight is 295 g/mol. The second kappa shape index (κ2) is 7.55. The molecule has 2 aromatic carbocycles. The van der Waals surface area contributed by atoms with Crippen LogP contribution in [0.25, 0.3) is 0 Å². The van der Waals surface area contributed by atoms with Gasteiger partial charge in [-0.25, -0.2) is 0 Å². The standard InChI is InChI=1S/C19H21NO2/c1-3-14-9-10-19(15(4-2)11-14)22-13-16-7-5-6-8-17(16)18(21)12-20/h5-12,20H,3-4,13H2,1-2H3. The predicted octanol–water partition coefficient (Wildman–Crippen LogP) is 4.22. The van der Waals surface area contributed by atoms with Crippen molar-refractivity contribution < 1.29 is 9.53 Å². The molecule has 3 nitrogen and oxygen atoms in total. The molecular formula is C19H21NO2. The quantitative estimate of drug-likeness (QED) is 0.614. The summed E-state index contributed by atoms with van der Waals surface area (Å²) < 4.78 is 5.92. The highest BCUT2D eigenvalue weighted by Crippen LogP contribution is 2.23. The van der Waals surface area contributed by atoms with E-state index in [1.54, 1.807) is 12.1 Å². The van der Waals surface area contributed by atoms with E-state index >= 15 is 0 Å². The van der Waals surface area contributed by atoms with Crippen molar-refractivity contribution in [1.82, 2.24) is 0 Å². The van der Waals surface area contributed by atoms with E-state index in [4.69, 9.17) is 10.1 Å². The third-order valence-electron chi connectivity index (χ3n) is 3.71. The number of rotatable bonds is 7. The molecular weight excluding hydrogens is 274 g/mol. The number of Topliss-reactive ketones (excluding diaryl/α,β-unsaturated/α-hetero) is 1. The first-order chi connectivity index (χ1) is 10.7. The largest absolute Gasteiger partial charge is 0.489 e. The molecule has 1 N–H and O–H groups in total. The Morgan fingerprint density at radius 2 is 1.86 bits per heavy atom. The molecule has 114 valence electrons. The van der Waals surface area contributed by atoms with E-state index in [0.717, 1.165) is 30.4 Å². The molecule has 0 atom stereocenters. The Balaban J connectivity index is 2.20. The van der Waals surface area contributed by atoms with Crippen molar-refractivity contribution in [2.45, 2.75) is 33.3 Å². The Morgan fingerprint density at radius 3 is 2.55 bits per heavy atom. The molecule has 0 radical (unpaired) electrons. The number of hydrogen-bond donors (Lipinski definition) is 1. The summed E-state index contributed by atoms with van der Waals surface area (Å²) in [6.07, 6.45) is 2.75. The van der Waals surface area contributed by atoms with Gasteiger partial charge in [0.05, 0.1) is 6.21 Å². The summed E-state index contributed by atoms with van der Waals surface area (Å²) in [5, 5.41) is 7.13. The maximum absolute atomic E-state index is 11.8. The van der Waals surface area contributed by atoms with Gasteiger partial charge in [0.25, 0.3) is 0 Å². The fourth-order valence-corrected chi connectivity index (χ4v) is 2.39. The van der Waals surface area contributed by atoms with Crippen molar-refractivity contribution >= 4 is 12.0 Å². The number of ether oxygens (including phenoxy) is 1. The van der Waals surface area contributed by atoms with Crippen LogP contribution < -0.4 is 4.74 Å². The molecule has 0 spiro atoms. The molecule has 22 heavy (non-hydrogen) atoms. The molecule has 0 saturated carbocycles. The van der Waals surface area contributed by atoms with Gasteiger partial charge in [0.1, 0.15) is 12.4 Å². The molecule has 0 saturated heterocycles. The van der Waals surface area contributed by atoms with Crippen molar-refractivity contribution in [2.75, 3.05) is 0 Å². The number of ketones is 1. The first-order valence-electron chi connectivity index (χ1n) is 7.56. The maximum atomic E-state index is 11.8. The van der Waals surface area contributed by atoms with Gasteiger partial charge in [-0.2, -0.15) is 0 Å². The number of hydrogen-bond acceptors (Lipinski definition) is 3. The first-order valence-corrected chi connectivity index (χ1v) is 7.56. The molecule has 0 aromatic heterocycles. The van der Waals surface area contributed by atoms with Crippen molar-refractivity contribution in [3.63, 3.8) is 0 Å². The number of aryl methyl sites for hydroxylation is 2. The molecule has 0 aliphatic heterocycles. The number of nitrogens with one attached hydrogen (secondary N) is 1. The lowest BCUT2D eigenvalue weighted by atomic mass is 10.0. The lowest BCUT2D eigenvalue weighted by Gasteiger charge is -2.13. The third-order valence-corrected chi connectivity index (χ3v) is 3.71. The minimum atomic E-state index is -0.295. The molecule has 2 rings (SSSR count). The minimum Gasteiger partial charge on any atom is -0.489 e. The summed E-state index contributed by atoms with van der Waals surface area (Å²) in [4.78, 5) is 11.8. The third kappa shape index (κ3) is 3.61. The monoisotopic (exact) mass is 295 g/mol. The van der Waals surface area contributed by atoms with Crippen molar-refractivity contribution in [3.05, 3.63) is 64.7 Å². The highest BCUT2D eigenvalue weighted by atomic mass is 16.5. The molecule has 3 heteroatoms. The first kappa shape index (κ1) is 16.0. The lowest BCUT2D eigenvalue weighted by molar-refractivity contribution is 0.106. The second-order valence-electron chi connectivity index (χ2n) is 5.10. The van der Waals surface area contributed by atoms with Crippen LogP contribution in [-0.2, 0) is 19.4 Å². The molecule has 0 unspecified atom stereocenters. The van der Waals surface area contributed by atoms with Crippen LogP contribution in [0, 0.1) is 5.41 Å². The zero-order valence-corrected chi connectivity index (χ0v) is 13.1. The van der Waals surface area contributed by atoms with Gasteiger partial charge in [-0.15, -0.1) is 0 Å². The SMILES string of the molecule is CCc1ccc(OCc2ccccc2C(=O)C=N)c(CC)c1. The van der Waals surface area contributed by atoms with Crippen LogP contribution in [0.1, 0.15) is 40.9 Å². The van der Waals surface area contributed by atoms with E-state index in [-0.39, 0.29) is 5.78 Å². The van der Waals surface area contributed by atoms with Crippen LogP contribution in [0.4, 0.5) is 0 Å². The number of benzene rings is 2. The zero-order valence-electron chi connectivity index (χ0n) is 13.1. The summed E-state index contributed by atoms with van der Waals surface area (Å²) in [7, 11) is 0. The van der Waals surface area contributed by atoms with Gasteiger partial charge in [0, 0.05) is 11.1 Å². The van der Waals surface area contributed by atoms with Gasteiger partial charge >= 0.3 is 0 Å². The summed E-state index contributed by atoms with van der Waals surface area (Å²) in [5.41, 5.74) is 3.80. The van der Waals surface area contributed by atoms with Crippen LogP contribution in [0.3, 0.4) is 0 Å². The minimum absolute atomic E-state index is 0.295. The van der Waals surface area contributed by atoms with Crippen LogP contribution in [0.5, 0.6) is 5.75 Å². The molecule has 0 bridgehead atoms. The van der Waals surface area contributed by atoms with E-state index in [9.17, 15) is 4.79 Å². The fraction of sp³-hybridized carbons (Fsp3) is 0.263. The molecule has 0 aliphatic rings. The predicted molar refractivity (Wildman–Crippen MR) is 89.1 cm³/mol. The zero-order chi connectivity index (χ0) is 15.9. The van der Waals surface area contributed by atoms with Crippen LogP contribution >= 0.6 is 0 Å². The molecule has 2 aromatic rings. The maximum Gasteiger partial charge on any atom is 0.203 e. The Bertz CT molecular complexity index is 677. The average Bonchev–Trinajstić information content (AvgIpc) is 2.59. The van der Waals surface area contributed by atoms with Crippen molar-refractivity contribution in [2.24, 2.45) is 0 Å². The smallest absolute Gasteiger partial charge is 0.203 e. The van der Waals surface area contributed by atoms with E-state index in [2.05, 4.69) is 26.0 Å². The van der Waals surface area contributed by atoms with Gasteiger partial charge in [-0.05, 0) is 30.0 Å². The fourth-order valence-electron chi connectivity index (χ4n) is 2.39.